The standard InChI is InChI=1S/C11H15F2NO/c1-11(14-2,6-7-15)8-4-3-5-9(12)10(8)13/h3-5,14-15H,6-7H2,1-2H3. The van der Waals surface area contributed by atoms with Gasteiger partial charge in [-0.2, -0.15) is 0 Å². The van der Waals surface area contributed by atoms with E-state index in [0.717, 1.165) is 6.07 Å². The third-order valence-electron chi connectivity index (χ3n) is 2.71. The Morgan fingerprint density at radius 3 is 2.60 bits per heavy atom. The molecule has 1 aromatic carbocycles. The van der Waals surface area contributed by atoms with Crippen LogP contribution < -0.4 is 5.32 Å². The highest BCUT2D eigenvalue weighted by atomic mass is 19.2. The van der Waals surface area contributed by atoms with Gasteiger partial charge in [0.15, 0.2) is 11.6 Å². The summed E-state index contributed by atoms with van der Waals surface area (Å²) in [5, 5.41) is 11.8. The van der Waals surface area contributed by atoms with Crippen molar-refractivity contribution in [1.29, 1.82) is 0 Å². The minimum absolute atomic E-state index is 0.0900. The summed E-state index contributed by atoms with van der Waals surface area (Å²) in [6.07, 6.45) is 0.323. The van der Waals surface area contributed by atoms with Gasteiger partial charge in [-0.1, -0.05) is 12.1 Å². The molecule has 84 valence electrons. The van der Waals surface area contributed by atoms with E-state index in [9.17, 15) is 8.78 Å². The molecule has 0 aliphatic carbocycles. The molecule has 2 nitrogen and oxygen atoms in total. The molecule has 0 radical (unpaired) electrons. The Bertz CT molecular complexity index is 343. The lowest BCUT2D eigenvalue weighted by Crippen LogP contribution is -2.38. The van der Waals surface area contributed by atoms with E-state index in [0.29, 0.717) is 6.42 Å². The van der Waals surface area contributed by atoms with Crippen LogP contribution in [-0.2, 0) is 5.54 Å². The highest BCUT2D eigenvalue weighted by molar-refractivity contribution is 5.26. The first kappa shape index (κ1) is 12.1. The number of aliphatic hydroxyl groups excluding tert-OH is 1. The molecule has 0 aliphatic rings. The average Bonchev–Trinajstić information content (AvgIpc) is 2.22. The lowest BCUT2D eigenvalue weighted by atomic mass is 9.88. The van der Waals surface area contributed by atoms with Crippen molar-refractivity contribution in [2.75, 3.05) is 13.7 Å². The molecule has 0 saturated heterocycles. The third kappa shape index (κ3) is 2.33. The van der Waals surface area contributed by atoms with E-state index in [2.05, 4.69) is 5.32 Å². The molecule has 0 aliphatic heterocycles. The molecule has 1 aromatic rings. The van der Waals surface area contributed by atoms with Gasteiger partial charge in [-0.3, -0.25) is 0 Å². The van der Waals surface area contributed by atoms with Crippen LogP contribution in [0.4, 0.5) is 8.78 Å². The molecule has 1 unspecified atom stereocenters. The van der Waals surface area contributed by atoms with Crippen LogP contribution in [0.3, 0.4) is 0 Å². The van der Waals surface area contributed by atoms with Gasteiger partial charge in [-0.05, 0) is 26.5 Å². The second-order valence-corrected chi connectivity index (χ2v) is 3.66. The van der Waals surface area contributed by atoms with Gasteiger partial charge in [0.1, 0.15) is 0 Å². The molecule has 15 heavy (non-hydrogen) atoms. The Kier molecular flexibility index (Phi) is 3.77. The maximum Gasteiger partial charge on any atom is 0.163 e. The van der Waals surface area contributed by atoms with Crippen molar-refractivity contribution in [3.8, 4) is 0 Å². The van der Waals surface area contributed by atoms with Crippen molar-refractivity contribution in [1.82, 2.24) is 5.32 Å². The number of rotatable bonds is 4. The van der Waals surface area contributed by atoms with Gasteiger partial charge < -0.3 is 10.4 Å². The molecule has 0 aromatic heterocycles. The summed E-state index contributed by atoms with van der Waals surface area (Å²) in [6, 6.07) is 4.05. The Morgan fingerprint density at radius 2 is 2.07 bits per heavy atom. The van der Waals surface area contributed by atoms with Crippen molar-refractivity contribution in [3.05, 3.63) is 35.4 Å². The van der Waals surface area contributed by atoms with Crippen molar-refractivity contribution in [2.45, 2.75) is 18.9 Å². The molecule has 0 saturated carbocycles. The molecule has 0 bridgehead atoms. The Balaban J connectivity index is 3.17. The summed E-state index contributed by atoms with van der Waals surface area (Å²) in [5.74, 6) is -1.73. The fourth-order valence-electron chi connectivity index (χ4n) is 1.55. The number of hydrogen-bond donors (Lipinski definition) is 2. The van der Waals surface area contributed by atoms with Crippen LogP contribution in [0.15, 0.2) is 18.2 Å². The van der Waals surface area contributed by atoms with E-state index < -0.39 is 17.2 Å². The maximum atomic E-state index is 13.5. The number of aliphatic hydroxyl groups is 1. The van der Waals surface area contributed by atoms with Crippen LogP contribution in [0.5, 0.6) is 0 Å². The normalized spacial score (nSPS) is 15.0. The van der Waals surface area contributed by atoms with Gasteiger partial charge in [0, 0.05) is 17.7 Å². The second kappa shape index (κ2) is 4.68. The quantitative estimate of drug-likeness (QED) is 0.802. The van der Waals surface area contributed by atoms with Crippen LogP contribution in [0.1, 0.15) is 18.9 Å². The zero-order valence-corrected chi connectivity index (χ0v) is 8.85. The minimum Gasteiger partial charge on any atom is -0.396 e. The number of benzene rings is 1. The van der Waals surface area contributed by atoms with Gasteiger partial charge in [0.25, 0.3) is 0 Å². The summed E-state index contributed by atoms with van der Waals surface area (Å²) < 4.78 is 26.5. The highest BCUT2D eigenvalue weighted by Crippen LogP contribution is 2.27. The lowest BCUT2D eigenvalue weighted by Gasteiger charge is -2.29. The fourth-order valence-corrected chi connectivity index (χ4v) is 1.55. The second-order valence-electron chi connectivity index (χ2n) is 3.66. The smallest absolute Gasteiger partial charge is 0.163 e. The number of nitrogens with one attached hydrogen (secondary N) is 1. The largest absolute Gasteiger partial charge is 0.396 e. The van der Waals surface area contributed by atoms with Crippen molar-refractivity contribution >= 4 is 0 Å². The van der Waals surface area contributed by atoms with Crippen LogP contribution in [0.2, 0.25) is 0 Å². The van der Waals surface area contributed by atoms with Gasteiger partial charge >= 0.3 is 0 Å². The topological polar surface area (TPSA) is 32.3 Å². The summed E-state index contributed by atoms with van der Waals surface area (Å²) in [7, 11) is 1.65. The Labute approximate surface area is 87.9 Å². The summed E-state index contributed by atoms with van der Waals surface area (Å²) >= 11 is 0. The van der Waals surface area contributed by atoms with Crippen LogP contribution in [0, 0.1) is 11.6 Å². The molecule has 1 rings (SSSR count). The van der Waals surface area contributed by atoms with Crippen LogP contribution >= 0.6 is 0 Å². The van der Waals surface area contributed by atoms with Crippen molar-refractivity contribution < 1.29 is 13.9 Å². The van der Waals surface area contributed by atoms with Crippen LogP contribution in [-0.4, -0.2) is 18.8 Å². The first-order valence-corrected chi connectivity index (χ1v) is 4.79. The first-order valence-electron chi connectivity index (χ1n) is 4.79. The molecule has 2 N–H and O–H groups in total. The number of hydrogen-bond acceptors (Lipinski definition) is 2. The minimum atomic E-state index is -0.869. The summed E-state index contributed by atoms with van der Waals surface area (Å²) in [6.45, 7) is 1.63. The molecule has 0 spiro atoms. The van der Waals surface area contributed by atoms with Crippen molar-refractivity contribution in [2.24, 2.45) is 0 Å². The fraction of sp³-hybridized carbons (Fsp3) is 0.455. The molecule has 1 atom stereocenters. The zero-order chi connectivity index (χ0) is 11.5. The van der Waals surface area contributed by atoms with E-state index in [1.54, 1.807) is 14.0 Å². The first-order chi connectivity index (χ1) is 7.05. The van der Waals surface area contributed by atoms with E-state index >= 15 is 0 Å². The molecule has 0 fully saturated rings. The molecule has 0 amide bonds. The number of halogens is 2. The Morgan fingerprint density at radius 1 is 1.40 bits per heavy atom. The van der Waals surface area contributed by atoms with E-state index in [4.69, 9.17) is 5.11 Å². The predicted molar refractivity (Wildman–Crippen MR) is 54.5 cm³/mol. The molecular formula is C11H15F2NO. The summed E-state index contributed by atoms with van der Waals surface area (Å²) in [4.78, 5) is 0. The van der Waals surface area contributed by atoms with Gasteiger partial charge in [-0.15, -0.1) is 0 Å². The highest BCUT2D eigenvalue weighted by Gasteiger charge is 2.28. The molecule has 0 heterocycles. The van der Waals surface area contributed by atoms with Crippen LogP contribution in [0.25, 0.3) is 0 Å². The van der Waals surface area contributed by atoms with Gasteiger partial charge in [-0.25, -0.2) is 8.78 Å². The molecule has 4 heteroatoms. The zero-order valence-electron chi connectivity index (χ0n) is 8.85. The van der Waals surface area contributed by atoms with E-state index in [1.165, 1.54) is 12.1 Å². The maximum absolute atomic E-state index is 13.5. The van der Waals surface area contributed by atoms with Crippen molar-refractivity contribution in [3.63, 3.8) is 0 Å². The Hall–Kier alpha value is -1.00. The predicted octanol–water partition coefficient (Wildman–Crippen LogP) is 1.78. The monoisotopic (exact) mass is 215 g/mol. The van der Waals surface area contributed by atoms with Gasteiger partial charge in [0.2, 0.25) is 0 Å². The SMILES string of the molecule is CNC(C)(CCO)c1cccc(F)c1F. The average molecular weight is 215 g/mol. The van der Waals surface area contributed by atoms with E-state index in [1.807, 2.05) is 0 Å². The van der Waals surface area contributed by atoms with Gasteiger partial charge in [0.05, 0.1) is 0 Å². The third-order valence-corrected chi connectivity index (χ3v) is 2.71. The molecular weight excluding hydrogens is 200 g/mol. The van der Waals surface area contributed by atoms with E-state index in [-0.39, 0.29) is 12.2 Å². The lowest BCUT2D eigenvalue weighted by molar-refractivity contribution is 0.224. The summed E-state index contributed by atoms with van der Waals surface area (Å²) in [5.41, 5.74) is -0.514.